The van der Waals surface area contributed by atoms with E-state index in [4.69, 9.17) is 4.74 Å². The van der Waals surface area contributed by atoms with Gasteiger partial charge in [-0.1, -0.05) is 36.4 Å². The van der Waals surface area contributed by atoms with E-state index >= 15 is 0 Å². The molecule has 6 nitrogen and oxygen atoms in total. The molecule has 1 aliphatic heterocycles. The lowest BCUT2D eigenvalue weighted by Gasteiger charge is -2.27. The van der Waals surface area contributed by atoms with Crippen LogP contribution in [0.25, 0.3) is 0 Å². The van der Waals surface area contributed by atoms with E-state index in [1.165, 1.54) is 16.0 Å². The number of fused-ring (bicyclic) bond motifs is 1. The number of hydrogen-bond acceptors (Lipinski definition) is 4. The molecule has 3 rings (SSSR count). The van der Waals surface area contributed by atoms with Crippen LogP contribution in [-0.4, -0.2) is 50.5 Å². The second-order valence-electron chi connectivity index (χ2n) is 6.74. The number of nitrogens with zero attached hydrogens (tertiary/aromatic N) is 1. The Balaban J connectivity index is 0.00000280. The Morgan fingerprint density at radius 2 is 1.86 bits per heavy atom. The third kappa shape index (κ3) is 5.24. The molecule has 0 radical (unpaired) electrons. The largest absolute Gasteiger partial charge is 0.483 e. The zero-order valence-electron chi connectivity index (χ0n) is 16.1. The van der Waals surface area contributed by atoms with E-state index in [9.17, 15) is 9.59 Å². The fourth-order valence-electron chi connectivity index (χ4n) is 3.11. The highest BCUT2D eigenvalue weighted by molar-refractivity contribution is 5.97. The first-order valence-corrected chi connectivity index (χ1v) is 9.07. The van der Waals surface area contributed by atoms with Crippen LogP contribution in [0.15, 0.2) is 48.5 Å². The molecule has 2 aromatic rings. The van der Waals surface area contributed by atoms with Crippen molar-refractivity contribution in [3.63, 3.8) is 0 Å². The number of hydrogen-bond donors (Lipinski definition) is 2. The number of carbonyl (C=O) groups excluding carboxylic acids is 2. The number of benzene rings is 2. The lowest BCUT2D eigenvalue weighted by Crippen LogP contribution is -2.39. The highest BCUT2D eigenvalue weighted by Crippen LogP contribution is 2.23. The number of nitrogens with one attached hydrogen (secondary N) is 2. The molecule has 0 spiro atoms. The van der Waals surface area contributed by atoms with E-state index in [0.29, 0.717) is 17.9 Å². The van der Waals surface area contributed by atoms with Gasteiger partial charge in [0.15, 0.2) is 6.61 Å². The average molecular weight is 404 g/mol. The monoisotopic (exact) mass is 403 g/mol. The van der Waals surface area contributed by atoms with Gasteiger partial charge in [0.25, 0.3) is 11.8 Å². The van der Waals surface area contributed by atoms with Crippen molar-refractivity contribution < 1.29 is 14.3 Å². The number of likely N-dealkylation sites (N-methyl/N-ethyl adjacent to an activating group) is 1. The molecule has 0 saturated heterocycles. The summed E-state index contributed by atoms with van der Waals surface area (Å²) in [4.78, 5) is 25.9. The van der Waals surface area contributed by atoms with Gasteiger partial charge in [0.05, 0.1) is 5.56 Å². The number of amides is 2. The zero-order valence-corrected chi connectivity index (χ0v) is 16.9. The Kier molecular flexibility index (Phi) is 7.84. The van der Waals surface area contributed by atoms with Crippen molar-refractivity contribution >= 4 is 24.2 Å². The van der Waals surface area contributed by atoms with Crippen LogP contribution in [-0.2, 0) is 11.2 Å². The van der Waals surface area contributed by atoms with Crippen LogP contribution in [0.1, 0.15) is 27.5 Å². The second-order valence-corrected chi connectivity index (χ2v) is 6.74. The molecule has 0 saturated carbocycles. The molecule has 0 fully saturated rings. The van der Waals surface area contributed by atoms with Crippen LogP contribution in [0.3, 0.4) is 0 Å². The Hall–Kier alpha value is -2.57. The molecule has 150 valence electrons. The molecule has 0 aliphatic carbocycles. The minimum absolute atomic E-state index is 0. The maximum absolute atomic E-state index is 12.7. The molecule has 0 bridgehead atoms. The summed E-state index contributed by atoms with van der Waals surface area (Å²) in [5.41, 5.74) is 2.97. The van der Waals surface area contributed by atoms with Crippen molar-refractivity contribution in [1.29, 1.82) is 0 Å². The van der Waals surface area contributed by atoms with Crippen molar-refractivity contribution in [3.05, 3.63) is 65.2 Å². The van der Waals surface area contributed by atoms with E-state index in [-0.39, 0.29) is 36.9 Å². The van der Waals surface area contributed by atoms with Crippen molar-refractivity contribution in [1.82, 2.24) is 15.5 Å². The Morgan fingerprint density at radius 3 is 2.64 bits per heavy atom. The van der Waals surface area contributed by atoms with Gasteiger partial charge in [0, 0.05) is 26.7 Å². The smallest absolute Gasteiger partial charge is 0.259 e. The van der Waals surface area contributed by atoms with Gasteiger partial charge in [-0.25, -0.2) is 0 Å². The van der Waals surface area contributed by atoms with Crippen LogP contribution < -0.4 is 15.4 Å². The summed E-state index contributed by atoms with van der Waals surface area (Å²) in [7, 11) is 3.33. The van der Waals surface area contributed by atoms with Gasteiger partial charge < -0.3 is 20.3 Å². The van der Waals surface area contributed by atoms with E-state index in [0.717, 1.165) is 13.0 Å². The quantitative estimate of drug-likeness (QED) is 0.775. The summed E-state index contributed by atoms with van der Waals surface area (Å²) >= 11 is 0. The van der Waals surface area contributed by atoms with E-state index in [1.807, 2.05) is 12.1 Å². The van der Waals surface area contributed by atoms with Crippen LogP contribution in [0.2, 0.25) is 0 Å². The predicted molar refractivity (Wildman–Crippen MR) is 111 cm³/mol. The van der Waals surface area contributed by atoms with Crippen molar-refractivity contribution in [2.45, 2.75) is 12.5 Å². The molecule has 0 aromatic heterocycles. The van der Waals surface area contributed by atoms with Gasteiger partial charge >= 0.3 is 0 Å². The van der Waals surface area contributed by atoms with Crippen LogP contribution >= 0.6 is 12.4 Å². The summed E-state index contributed by atoms with van der Waals surface area (Å²) in [5.74, 6) is 0.0307. The number of ether oxygens (including phenoxy) is 1. The molecule has 1 atom stereocenters. The summed E-state index contributed by atoms with van der Waals surface area (Å²) in [6.45, 7) is 1.28. The maximum atomic E-state index is 12.7. The summed E-state index contributed by atoms with van der Waals surface area (Å²) < 4.78 is 5.56. The van der Waals surface area contributed by atoms with Gasteiger partial charge in [-0.05, 0) is 36.2 Å². The molecule has 28 heavy (non-hydrogen) atoms. The molecule has 1 heterocycles. The molecule has 1 aliphatic rings. The average Bonchev–Trinajstić information content (AvgIpc) is 2.70. The summed E-state index contributed by atoms with van der Waals surface area (Å²) in [6.07, 6.45) is 0.997. The lowest BCUT2D eigenvalue weighted by atomic mass is 9.94. The fraction of sp³-hybridized carbons (Fsp3) is 0.333. The second kappa shape index (κ2) is 10.1. The Morgan fingerprint density at radius 1 is 1.14 bits per heavy atom. The molecular weight excluding hydrogens is 378 g/mol. The Labute approximate surface area is 171 Å². The molecule has 2 N–H and O–H groups in total. The minimum Gasteiger partial charge on any atom is -0.483 e. The van der Waals surface area contributed by atoms with Crippen LogP contribution in [0, 0.1) is 0 Å². The van der Waals surface area contributed by atoms with Crippen molar-refractivity contribution in [3.8, 4) is 5.75 Å². The maximum Gasteiger partial charge on any atom is 0.259 e. The molecule has 2 aromatic carbocycles. The van der Waals surface area contributed by atoms with Gasteiger partial charge in [0.1, 0.15) is 5.75 Å². The highest BCUT2D eigenvalue weighted by Gasteiger charge is 2.21. The third-order valence-corrected chi connectivity index (χ3v) is 4.66. The van der Waals surface area contributed by atoms with Crippen LogP contribution in [0.4, 0.5) is 0 Å². The van der Waals surface area contributed by atoms with Crippen molar-refractivity contribution in [2.75, 3.05) is 33.8 Å². The predicted octanol–water partition coefficient (Wildman–Crippen LogP) is 2.19. The van der Waals surface area contributed by atoms with Crippen molar-refractivity contribution in [2.24, 2.45) is 0 Å². The summed E-state index contributed by atoms with van der Waals surface area (Å²) in [5, 5.41) is 6.44. The number of halogens is 1. The first kappa shape index (κ1) is 21.7. The number of para-hydroxylation sites is 1. The first-order valence-electron chi connectivity index (χ1n) is 9.07. The topological polar surface area (TPSA) is 70.7 Å². The molecule has 7 heteroatoms. The fourth-order valence-corrected chi connectivity index (χ4v) is 3.11. The zero-order chi connectivity index (χ0) is 19.2. The lowest BCUT2D eigenvalue weighted by molar-refractivity contribution is -0.130. The van der Waals surface area contributed by atoms with Gasteiger partial charge in [-0.3, -0.25) is 9.59 Å². The van der Waals surface area contributed by atoms with E-state index < -0.39 is 0 Å². The van der Waals surface area contributed by atoms with Crippen LogP contribution in [0.5, 0.6) is 5.75 Å². The molecule has 1 unspecified atom stereocenters. The first-order chi connectivity index (χ1) is 13.1. The highest BCUT2D eigenvalue weighted by atomic mass is 35.5. The third-order valence-electron chi connectivity index (χ3n) is 4.66. The standard InChI is InChI=1S/C21H25N3O3.ClH/c1-24(2)20(25)14-27-19-10-6-5-9-17(19)21(26)23-13-18-16-8-4-3-7-15(16)11-12-22-18;/h3-10,18,22H,11-14H2,1-2H3,(H,23,26);1H. The van der Waals surface area contributed by atoms with Gasteiger partial charge in [-0.15, -0.1) is 12.4 Å². The molecular formula is C21H26ClN3O3. The Bertz CT molecular complexity index is 826. The minimum atomic E-state index is -0.215. The number of carbonyl (C=O) groups is 2. The number of rotatable bonds is 6. The van der Waals surface area contributed by atoms with E-state index in [1.54, 1.807) is 38.4 Å². The molecule has 2 amide bonds. The summed E-state index contributed by atoms with van der Waals surface area (Å²) in [6, 6.07) is 15.3. The normalized spacial score (nSPS) is 15.0. The van der Waals surface area contributed by atoms with Gasteiger partial charge in [-0.2, -0.15) is 0 Å². The van der Waals surface area contributed by atoms with Gasteiger partial charge in [0.2, 0.25) is 0 Å². The van der Waals surface area contributed by atoms with E-state index in [2.05, 4.69) is 22.8 Å². The SMILES string of the molecule is CN(C)C(=O)COc1ccccc1C(=O)NCC1NCCc2ccccc21.Cl.